The fraction of sp³-hybridized carbons (Fsp3) is 0.647. The predicted molar refractivity (Wildman–Crippen MR) is 101 cm³/mol. The van der Waals surface area contributed by atoms with Crippen LogP contribution in [0.25, 0.3) is 10.2 Å². The van der Waals surface area contributed by atoms with Crippen LogP contribution in [0.3, 0.4) is 0 Å². The van der Waals surface area contributed by atoms with E-state index in [-0.39, 0.29) is 12.2 Å². The molecule has 0 saturated heterocycles. The molecule has 0 amide bonds. The molecule has 0 spiro atoms. The molecule has 132 valence electrons. The average molecular weight is 368 g/mol. The Balaban J connectivity index is 2.10. The SMILES string of the molecule is CC[C@]1(C)Cc2c(sc3nc(SC(C)C)nc(NCCO)c23)CO1. The van der Waals surface area contributed by atoms with Gasteiger partial charge in [0.1, 0.15) is 10.6 Å². The highest BCUT2D eigenvalue weighted by Gasteiger charge is 2.33. The normalized spacial score (nSPS) is 20.6. The molecule has 5 nitrogen and oxygen atoms in total. The maximum absolute atomic E-state index is 9.20. The van der Waals surface area contributed by atoms with Gasteiger partial charge in [-0.15, -0.1) is 11.3 Å². The van der Waals surface area contributed by atoms with Crippen molar-refractivity contribution >= 4 is 39.1 Å². The lowest BCUT2D eigenvalue weighted by Gasteiger charge is -2.33. The van der Waals surface area contributed by atoms with Crippen molar-refractivity contribution in [1.29, 1.82) is 0 Å². The first kappa shape index (κ1) is 17.9. The summed E-state index contributed by atoms with van der Waals surface area (Å²) in [6.45, 7) is 9.83. The van der Waals surface area contributed by atoms with Gasteiger partial charge in [-0.3, -0.25) is 0 Å². The Kier molecular flexibility index (Phi) is 5.34. The Hall–Kier alpha value is -0.890. The first-order chi connectivity index (χ1) is 11.5. The van der Waals surface area contributed by atoms with Crippen LogP contribution in [0.1, 0.15) is 44.6 Å². The summed E-state index contributed by atoms with van der Waals surface area (Å²) in [5, 5.41) is 14.8. The van der Waals surface area contributed by atoms with Crippen LogP contribution in [-0.2, 0) is 17.8 Å². The second kappa shape index (κ2) is 7.15. The summed E-state index contributed by atoms with van der Waals surface area (Å²) >= 11 is 3.37. The van der Waals surface area contributed by atoms with Crippen molar-refractivity contribution in [3.8, 4) is 0 Å². The standard InChI is InChI=1S/C17H25N3O2S2/c1-5-17(4)8-11-12(9-22-17)24-15-13(11)14(18-6-7-21)19-16(20-15)23-10(2)3/h10,21H,5-9H2,1-4H3,(H,18,19,20)/t17-/m1/s1. The number of rotatable bonds is 6. The number of anilines is 1. The highest BCUT2D eigenvalue weighted by molar-refractivity contribution is 7.99. The molecular formula is C17H25N3O2S2. The number of hydrogen-bond donors (Lipinski definition) is 2. The molecule has 0 radical (unpaired) electrons. The molecule has 24 heavy (non-hydrogen) atoms. The van der Waals surface area contributed by atoms with Crippen molar-refractivity contribution in [2.45, 2.75) is 63.2 Å². The number of ether oxygens (including phenoxy) is 1. The Morgan fingerprint density at radius 3 is 2.88 bits per heavy atom. The lowest BCUT2D eigenvalue weighted by atomic mass is 9.90. The van der Waals surface area contributed by atoms with Gasteiger partial charge < -0.3 is 15.2 Å². The topological polar surface area (TPSA) is 67.3 Å². The molecule has 3 heterocycles. The lowest BCUT2D eigenvalue weighted by molar-refractivity contribution is -0.0542. The van der Waals surface area contributed by atoms with Gasteiger partial charge in [-0.1, -0.05) is 32.5 Å². The zero-order valence-electron chi connectivity index (χ0n) is 14.7. The molecule has 1 aliphatic rings. The van der Waals surface area contributed by atoms with Crippen LogP contribution >= 0.6 is 23.1 Å². The third-order valence-corrected chi connectivity index (χ3v) is 6.27. The van der Waals surface area contributed by atoms with E-state index in [0.29, 0.717) is 18.4 Å². The Morgan fingerprint density at radius 2 is 2.21 bits per heavy atom. The average Bonchev–Trinajstić information content (AvgIpc) is 2.89. The van der Waals surface area contributed by atoms with Crippen LogP contribution < -0.4 is 5.32 Å². The van der Waals surface area contributed by atoms with E-state index in [9.17, 15) is 5.11 Å². The third kappa shape index (κ3) is 3.54. The van der Waals surface area contributed by atoms with Crippen molar-refractivity contribution in [2.24, 2.45) is 0 Å². The van der Waals surface area contributed by atoms with Crippen LogP contribution in [0.2, 0.25) is 0 Å². The van der Waals surface area contributed by atoms with Gasteiger partial charge in [0.05, 0.1) is 24.2 Å². The number of aliphatic hydroxyl groups excluding tert-OH is 1. The minimum atomic E-state index is -0.124. The number of thioether (sulfide) groups is 1. The molecule has 0 bridgehead atoms. The second-order valence-electron chi connectivity index (χ2n) is 6.62. The summed E-state index contributed by atoms with van der Waals surface area (Å²) in [7, 11) is 0. The molecule has 2 aromatic heterocycles. The Morgan fingerprint density at radius 1 is 1.42 bits per heavy atom. The summed E-state index contributed by atoms with van der Waals surface area (Å²) in [5.41, 5.74) is 1.19. The summed E-state index contributed by atoms with van der Waals surface area (Å²) in [4.78, 5) is 11.8. The van der Waals surface area contributed by atoms with E-state index in [1.54, 1.807) is 23.1 Å². The quantitative estimate of drug-likeness (QED) is 0.597. The van der Waals surface area contributed by atoms with Gasteiger partial charge in [-0.05, 0) is 18.9 Å². The number of aliphatic hydroxyl groups is 1. The molecule has 3 rings (SSSR count). The van der Waals surface area contributed by atoms with Gasteiger partial charge in [-0.25, -0.2) is 9.97 Å². The Labute approximate surface area is 151 Å². The van der Waals surface area contributed by atoms with E-state index < -0.39 is 0 Å². The highest BCUT2D eigenvalue weighted by atomic mass is 32.2. The monoisotopic (exact) mass is 367 g/mol. The minimum absolute atomic E-state index is 0.0836. The highest BCUT2D eigenvalue weighted by Crippen LogP contribution is 2.42. The van der Waals surface area contributed by atoms with Crippen molar-refractivity contribution in [3.63, 3.8) is 0 Å². The van der Waals surface area contributed by atoms with Gasteiger partial charge >= 0.3 is 0 Å². The van der Waals surface area contributed by atoms with E-state index in [0.717, 1.165) is 34.0 Å². The molecule has 0 aliphatic carbocycles. The molecule has 1 aliphatic heterocycles. The first-order valence-electron chi connectivity index (χ1n) is 8.43. The number of hydrogen-bond acceptors (Lipinski definition) is 7. The van der Waals surface area contributed by atoms with Gasteiger partial charge in [-0.2, -0.15) is 0 Å². The second-order valence-corrected chi connectivity index (χ2v) is 9.25. The Bertz CT molecular complexity index is 732. The van der Waals surface area contributed by atoms with Crippen molar-refractivity contribution in [2.75, 3.05) is 18.5 Å². The lowest BCUT2D eigenvalue weighted by Crippen LogP contribution is -2.34. The van der Waals surface area contributed by atoms with Crippen LogP contribution in [0.5, 0.6) is 0 Å². The van der Waals surface area contributed by atoms with E-state index >= 15 is 0 Å². The number of fused-ring (bicyclic) bond motifs is 3. The number of thiophene rings is 1. The molecule has 0 unspecified atom stereocenters. The predicted octanol–water partition coefficient (Wildman–Crippen LogP) is 3.84. The first-order valence-corrected chi connectivity index (χ1v) is 10.1. The van der Waals surface area contributed by atoms with Gasteiger partial charge in [0.2, 0.25) is 0 Å². The minimum Gasteiger partial charge on any atom is -0.395 e. The molecule has 0 saturated carbocycles. The molecule has 0 fully saturated rings. The molecule has 0 aromatic carbocycles. The molecule has 7 heteroatoms. The van der Waals surface area contributed by atoms with E-state index in [2.05, 4.69) is 33.0 Å². The smallest absolute Gasteiger partial charge is 0.191 e. The summed E-state index contributed by atoms with van der Waals surface area (Å²) in [5.74, 6) is 0.843. The van der Waals surface area contributed by atoms with Crippen LogP contribution in [0, 0.1) is 0 Å². The maximum atomic E-state index is 9.20. The largest absolute Gasteiger partial charge is 0.395 e. The van der Waals surface area contributed by atoms with Gasteiger partial charge in [0.15, 0.2) is 5.16 Å². The number of nitrogens with one attached hydrogen (secondary N) is 1. The molecular weight excluding hydrogens is 342 g/mol. The fourth-order valence-corrected chi connectivity index (χ4v) is 4.72. The third-order valence-electron chi connectivity index (χ3n) is 4.31. The summed E-state index contributed by atoms with van der Waals surface area (Å²) in [6, 6.07) is 0. The van der Waals surface area contributed by atoms with E-state index in [1.165, 1.54) is 10.4 Å². The van der Waals surface area contributed by atoms with Crippen molar-refractivity contribution in [1.82, 2.24) is 9.97 Å². The molecule has 2 N–H and O–H groups in total. The van der Waals surface area contributed by atoms with E-state index in [1.807, 2.05) is 0 Å². The van der Waals surface area contributed by atoms with Crippen LogP contribution in [0.4, 0.5) is 5.82 Å². The van der Waals surface area contributed by atoms with E-state index in [4.69, 9.17) is 14.7 Å². The zero-order valence-corrected chi connectivity index (χ0v) is 16.3. The van der Waals surface area contributed by atoms with Gasteiger partial charge in [0, 0.05) is 23.1 Å². The number of nitrogens with zero attached hydrogens (tertiary/aromatic N) is 2. The van der Waals surface area contributed by atoms with Crippen molar-refractivity contribution < 1.29 is 9.84 Å². The van der Waals surface area contributed by atoms with Crippen LogP contribution in [-0.4, -0.2) is 39.1 Å². The summed E-state index contributed by atoms with van der Waals surface area (Å²) < 4.78 is 6.08. The number of aromatic nitrogens is 2. The van der Waals surface area contributed by atoms with Crippen molar-refractivity contribution in [3.05, 3.63) is 10.4 Å². The van der Waals surface area contributed by atoms with Gasteiger partial charge in [0.25, 0.3) is 0 Å². The zero-order chi connectivity index (χ0) is 17.3. The summed E-state index contributed by atoms with van der Waals surface area (Å²) in [6.07, 6.45) is 1.86. The van der Waals surface area contributed by atoms with Crippen LogP contribution in [0.15, 0.2) is 5.16 Å². The molecule has 2 aromatic rings. The fourth-order valence-electron chi connectivity index (χ4n) is 2.85. The molecule has 1 atom stereocenters. The maximum Gasteiger partial charge on any atom is 0.191 e.